The number of aromatic nitrogens is 1. The Balaban J connectivity index is 2.54. The van der Waals surface area contributed by atoms with Crippen molar-refractivity contribution < 1.29 is 9.26 Å². The maximum Gasteiger partial charge on any atom is 0.191 e. The fourth-order valence-electron chi connectivity index (χ4n) is 1.98. The lowest BCUT2D eigenvalue weighted by Gasteiger charge is -2.16. The molecular formula is C14H26N4O2. The van der Waals surface area contributed by atoms with Crippen molar-refractivity contribution in [2.75, 3.05) is 26.8 Å². The number of ether oxygens (including phenoxy) is 1. The third kappa shape index (κ3) is 5.21. The maximum atomic E-state index is 5.15. The van der Waals surface area contributed by atoms with E-state index in [1.807, 2.05) is 20.8 Å². The quantitative estimate of drug-likeness (QED) is 0.584. The molecule has 0 spiro atoms. The minimum absolute atomic E-state index is 0.219. The molecule has 1 aromatic rings. The van der Waals surface area contributed by atoms with Crippen LogP contribution in [0, 0.1) is 13.8 Å². The first kappa shape index (κ1) is 16.5. The van der Waals surface area contributed by atoms with Crippen LogP contribution in [0.3, 0.4) is 0 Å². The van der Waals surface area contributed by atoms with Crippen molar-refractivity contribution in [1.29, 1.82) is 0 Å². The SMILES string of the molecule is CCNC(=NCCc1c(C)noc1C)NC(C)COC. The van der Waals surface area contributed by atoms with E-state index in [0.29, 0.717) is 13.2 Å². The summed E-state index contributed by atoms with van der Waals surface area (Å²) in [4.78, 5) is 4.56. The van der Waals surface area contributed by atoms with Gasteiger partial charge < -0.3 is 19.9 Å². The molecule has 0 amide bonds. The molecule has 1 heterocycles. The van der Waals surface area contributed by atoms with Gasteiger partial charge in [-0.3, -0.25) is 4.99 Å². The zero-order valence-electron chi connectivity index (χ0n) is 13.1. The van der Waals surface area contributed by atoms with E-state index >= 15 is 0 Å². The summed E-state index contributed by atoms with van der Waals surface area (Å²) in [6.45, 7) is 10.2. The van der Waals surface area contributed by atoms with Crippen LogP contribution in [0.5, 0.6) is 0 Å². The fraction of sp³-hybridized carbons (Fsp3) is 0.714. The Bertz CT molecular complexity index is 409. The van der Waals surface area contributed by atoms with E-state index in [9.17, 15) is 0 Å². The molecule has 0 bridgehead atoms. The molecule has 0 saturated carbocycles. The topological polar surface area (TPSA) is 71.7 Å². The second-order valence-corrected chi connectivity index (χ2v) is 4.81. The Morgan fingerprint density at radius 3 is 2.75 bits per heavy atom. The zero-order chi connectivity index (χ0) is 15.0. The summed E-state index contributed by atoms with van der Waals surface area (Å²) in [7, 11) is 1.69. The van der Waals surface area contributed by atoms with Crippen LogP contribution in [0.15, 0.2) is 9.52 Å². The predicted octanol–water partition coefficient (Wildman–Crippen LogP) is 1.42. The number of aliphatic imine (C=N–C) groups is 1. The molecule has 0 aliphatic carbocycles. The highest BCUT2D eigenvalue weighted by Gasteiger charge is 2.08. The van der Waals surface area contributed by atoms with Gasteiger partial charge in [-0.05, 0) is 34.1 Å². The summed E-state index contributed by atoms with van der Waals surface area (Å²) in [5, 5.41) is 10.5. The highest BCUT2D eigenvalue weighted by Crippen LogP contribution is 2.12. The molecular weight excluding hydrogens is 256 g/mol. The molecule has 0 aromatic carbocycles. The first-order chi connectivity index (χ1) is 9.58. The third-order valence-electron chi connectivity index (χ3n) is 2.96. The van der Waals surface area contributed by atoms with Crippen LogP contribution in [0.25, 0.3) is 0 Å². The molecule has 1 unspecified atom stereocenters. The zero-order valence-corrected chi connectivity index (χ0v) is 13.1. The Morgan fingerprint density at radius 2 is 2.20 bits per heavy atom. The van der Waals surface area contributed by atoms with E-state index in [1.54, 1.807) is 7.11 Å². The van der Waals surface area contributed by atoms with Gasteiger partial charge in [-0.15, -0.1) is 0 Å². The third-order valence-corrected chi connectivity index (χ3v) is 2.96. The molecule has 1 rings (SSSR count). The molecule has 114 valence electrons. The number of hydrogen-bond donors (Lipinski definition) is 2. The fourth-order valence-corrected chi connectivity index (χ4v) is 1.98. The second kappa shape index (κ2) is 8.58. The molecule has 6 nitrogen and oxygen atoms in total. The van der Waals surface area contributed by atoms with Gasteiger partial charge >= 0.3 is 0 Å². The first-order valence-electron chi connectivity index (χ1n) is 7.04. The van der Waals surface area contributed by atoms with Crippen LogP contribution in [0.1, 0.15) is 30.9 Å². The van der Waals surface area contributed by atoms with Crippen LogP contribution in [-0.4, -0.2) is 44.0 Å². The number of methoxy groups -OCH3 is 1. The average molecular weight is 282 g/mol. The lowest BCUT2D eigenvalue weighted by Crippen LogP contribution is -2.44. The molecule has 0 aliphatic heterocycles. The molecule has 6 heteroatoms. The highest BCUT2D eigenvalue weighted by molar-refractivity contribution is 5.80. The average Bonchev–Trinajstić information content (AvgIpc) is 2.70. The number of rotatable bonds is 7. The maximum absolute atomic E-state index is 5.15. The second-order valence-electron chi connectivity index (χ2n) is 4.81. The molecule has 0 radical (unpaired) electrons. The van der Waals surface area contributed by atoms with Crippen LogP contribution in [0.4, 0.5) is 0 Å². The highest BCUT2D eigenvalue weighted by atomic mass is 16.5. The van der Waals surface area contributed by atoms with Crippen molar-refractivity contribution in [2.45, 2.75) is 40.2 Å². The molecule has 1 atom stereocenters. The van der Waals surface area contributed by atoms with Crippen LogP contribution in [-0.2, 0) is 11.2 Å². The van der Waals surface area contributed by atoms with Gasteiger partial charge in [-0.2, -0.15) is 0 Å². The Labute approximate surface area is 121 Å². The van der Waals surface area contributed by atoms with Gasteiger partial charge in [0.1, 0.15) is 5.76 Å². The molecule has 2 N–H and O–H groups in total. The standard InChI is InChI=1S/C14H26N4O2/c1-6-15-14(17-10(2)9-19-5)16-8-7-13-11(3)18-20-12(13)4/h10H,6-9H2,1-5H3,(H2,15,16,17). The number of hydrogen-bond acceptors (Lipinski definition) is 4. The van der Waals surface area contributed by atoms with Crippen molar-refractivity contribution in [1.82, 2.24) is 15.8 Å². The molecule has 0 fully saturated rings. The molecule has 20 heavy (non-hydrogen) atoms. The summed E-state index contributed by atoms with van der Waals surface area (Å²) in [5.74, 6) is 1.69. The molecule has 1 aromatic heterocycles. The Hall–Kier alpha value is -1.56. The predicted molar refractivity (Wildman–Crippen MR) is 80.1 cm³/mol. The minimum Gasteiger partial charge on any atom is -0.383 e. The monoisotopic (exact) mass is 282 g/mol. The molecule has 0 saturated heterocycles. The van der Waals surface area contributed by atoms with Crippen molar-refractivity contribution in [3.8, 4) is 0 Å². The van der Waals surface area contributed by atoms with E-state index in [2.05, 4.69) is 27.7 Å². The van der Waals surface area contributed by atoms with E-state index in [0.717, 1.165) is 35.9 Å². The largest absolute Gasteiger partial charge is 0.383 e. The normalized spacial score (nSPS) is 13.3. The van der Waals surface area contributed by atoms with E-state index < -0.39 is 0 Å². The summed E-state index contributed by atoms with van der Waals surface area (Å²) in [6.07, 6.45) is 0.830. The Morgan fingerprint density at radius 1 is 1.45 bits per heavy atom. The van der Waals surface area contributed by atoms with Gasteiger partial charge in [-0.25, -0.2) is 0 Å². The summed E-state index contributed by atoms with van der Waals surface area (Å²) >= 11 is 0. The van der Waals surface area contributed by atoms with Crippen molar-refractivity contribution in [2.24, 2.45) is 4.99 Å². The number of aryl methyl sites for hydroxylation is 2. The summed E-state index contributed by atoms with van der Waals surface area (Å²) < 4.78 is 10.3. The summed E-state index contributed by atoms with van der Waals surface area (Å²) in [6, 6.07) is 0.219. The number of guanidine groups is 1. The van der Waals surface area contributed by atoms with Crippen LogP contribution >= 0.6 is 0 Å². The van der Waals surface area contributed by atoms with E-state index in [4.69, 9.17) is 9.26 Å². The van der Waals surface area contributed by atoms with Crippen LogP contribution < -0.4 is 10.6 Å². The lowest BCUT2D eigenvalue weighted by atomic mass is 10.1. The van der Waals surface area contributed by atoms with Gasteiger partial charge in [0.2, 0.25) is 0 Å². The van der Waals surface area contributed by atoms with E-state index in [1.165, 1.54) is 0 Å². The van der Waals surface area contributed by atoms with Crippen molar-refractivity contribution in [3.63, 3.8) is 0 Å². The molecule has 0 aliphatic rings. The van der Waals surface area contributed by atoms with Gasteiger partial charge in [0.05, 0.1) is 12.3 Å². The van der Waals surface area contributed by atoms with Gasteiger partial charge in [0.15, 0.2) is 5.96 Å². The van der Waals surface area contributed by atoms with Gasteiger partial charge in [0, 0.05) is 31.8 Å². The number of nitrogens with one attached hydrogen (secondary N) is 2. The van der Waals surface area contributed by atoms with Gasteiger partial charge in [-0.1, -0.05) is 5.16 Å². The summed E-state index contributed by atoms with van der Waals surface area (Å²) in [5.41, 5.74) is 2.10. The first-order valence-corrected chi connectivity index (χ1v) is 7.04. The minimum atomic E-state index is 0.219. The lowest BCUT2D eigenvalue weighted by molar-refractivity contribution is 0.179. The van der Waals surface area contributed by atoms with Crippen molar-refractivity contribution in [3.05, 3.63) is 17.0 Å². The Kier molecular flexibility index (Phi) is 7.08. The van der Waals surface area contributed by atoms with Gasteiger partial charge in [0.25, 0.3) is 0 Å². The van der Waals surface area contributed by atoms with E-state index in [-0.39, 0.29) is 6.04 Å². The number of nitrogens with zero attached hydrogens (tertiary/aromatic N) is 2. The smallest absolute Gasteiger partial charge is 0.191 e. The van der Waals surface area contributed by atoms with Crippen LogP contribution in [0.2, 0.25) is 0 Å². The van der Waals surface area contributed by atoms with Crippen molar-refractivity contribution >= 4 is 5.96 Å².